The lowest BCUT2D eigenvalue weighted by atomic mass is 10.0. The zero-order valence-electron chi connectivity index (χ0n) is 10.1. The largest absolute Gasteiger partial charge is 0.393 e. The second-order valence-electron chi connectivity index (χ2n) is 4.38. The molecule has 9 heteroatoms. The van der Waals surface area contributed by atoms with E-state index in [0.717, 1.165) is 0 Å². The van der Waals surface area contributed by atoms with Crippen LogP contribution in [0.1, 0.15) is 19.1 Å². The Morgan fingerprint density at radius 2 is 2.58 bits per heavy atom. The first kappa shape index (κ1) is 13.3. The van der Waals surface area contributed by atoms with Crippen LogP contribution in [0.25, 0.3) is 10.4 Å². The molecular formula is C10H14N6O3. The van der Waals surface area contributed by atoms with Crippen LogP contribution in [0, 0.1) is 0 Å². The number of nitrogen functional groups attached to an aromatic ring is 1. The van der Waals surface area contributed by atoms with Gasteiger partial charge in [-0.3, -0.25) is 4.57 Å². The van der Waals surface area contributed by atoms with Gasteiger partial charge in [0.15, 0.2) is 0 Å². The van der Waals surface area contributed by atoms with Gasteiger partial charge in [-0.25, -0.2) is 4.79 Å². The Morgan fingerprint density at radius 3 is 3.21 bits per heavy atom. The van der Waals surface area contributed by atoms with Gasteiger partial charge >= 0.3 is 5.69 Å². The van der Waals surface area contributed by atoms with Crippen LogP contribution in [0.5, 0.6) is 0 Å². The fourth-order valence-electron chi connectivity index (χ4n) is 2.08. The SMILES string of the molecule is [N-]=[N+]=NC[C@@]1(CO)CC[C@H](n2ccc(N)nc2=O)O1. The zero-order chi connectivity index (χ0) is 13.9. The highest BCUT2D eigenvalue weighted by Gasteiger charge is 2.40. The van der Waals surface area contributed by atoms with E-state index in [-0.39, 0.29) is 19.0 Å². The average molecular weight is 266 g/mol. The fourth-order valence-corrected chi connectivity index (χ4v) is 2.08. The van der Waals surface area contributed by atoms with Crippen molar-refractivity contribution in [1.29, 1.82) is 0 Å². The molecule has 0 amide bonds. The number of azide groups is 1. The van der Waals surface area contributed by atoms with E-state index in [1.54, 1.807) is 0 Å². The molecule has 0 aliphatic carbocycles. The quantitative estimate of drug-likeness (QED) is 0.454. The van der Waals surface area contributed by atoms with Gasteiger partial charge in [-0.2, -0.15) is 4.98 Å². The maximum atomic E-state index is 11.7. The van der Waals surface area contributed by atoms with E-state index in [0.29, 0.717) is 12.8 Å². The Morgan fingerprint density at radius 1 is 1.79 bits per heavy atom. The van der Waals surface area contributed by atoms with Gasteiger partial charge in [-0.05, 0) is 24.4 Å². The summed E-state index contributed by atoms with van der Waals surface area (Å²) in [7, 11) is 0. The number of rotatable bonds is 4. The molecule has 1 fully saturated rings. The molecule has 1 aliphatic heterocycles. The standard InChI is InChI=1S/C10H14N6O3/c11-7-2-4-16(9(18)14-7)8-1-3-10(6-17,19-8)5-13-15-12/h2,4,8,17H,1,3,5-6H2,(H2,11,14,18)/t8-,10-/m1/s1. The van der Waals surface area contributed by atoms with Gasteiger partial charge in [-0.15, -0.1) is 0 Å². The van der Waals surface area contributed by atoms with Crippen LogP contribution in [0.15, 0.2) is 22.2 Å². The minimum Gasteiger partial charge on any atom is -0.393 e. The lowest BCUT2D eigenvalue weighted by Gasteiger charge is -2.25. The van der Waals surface area contributed by atoms with Crippen molar-refractivity contribution in [1.82, 2.24) is 9.55 Å². The van der Waals surface area contributed by atoms with E-state index in [2.05, 4.69) is 15.0 Å². The molecule has 0 bridgehead atoms. The van der Waals surface area contributed by atoms with Crippen LogP contribution < -0.4 is 11.4 Å². The average Bonchev–Trinajstić information content (AvgIpc) is 2.81. The monoisotopic (exact) mass is 266 g/mol. The number of anilines is 1. The van der Waals surface area contributed by atoms with E-state index in [1.807, 2.05) is 0 Å². The summed E-state index contributed by atoms with van der Waals surface area (Å²) in [6, 6.07) is 1.50. The highest BCUT2D eigenvalue weighted by atomic mass is 16.5. The maximum Gasteiger partial charge on any atom is 0.351 e. The molecule has 3 N–H and O–H groups in total. The molecule has 0 saturated carbocycles. The van der Waals surface area contributed by atoms with Crippen molar-refractivity contribution in [3.8, 4) is 0 Å². The summed E-state index contributed by atoms with van der Waals surface area (Å²) < 4.78 is 6.98. The Kier molecular flexibility index (Phi) is 3.70. The summed E-state index contributed by atoms with van der Waals surface area (Å²) in [6.45, 7) is -0.257. The van der Waals surface area contributed by atoms with Gasteiger partial charge in [-0.1, -0.05) is 5.11 Å². The van der Waals surface area contributed by atoms with Crippen molar-refractivity contribution < 1.29 is 9.84 Å². The smallest absolute Gasteiger partial charge is 0.351 e. The highest BCUT2D eigenvalue weighted by Crippen LogP contribution is 2.35. The second-order valence-corrected chi connectivity index (χ2v) is 4.38. The third-order valence-corrected chi connectivity index (χ3v) is 3.10. The molecule has 9 nitrogen and oxygen atoms in total. The third-order valence-electron chi connectivity index (χ3n) is 3.10. The van der Waals surface area contributed by atoms with Crippen LogP contribution in [0.2, 0.25) is 0 Å². The number of nitrogens with zero attached hydrogens (tertiary/aromatic N) is 5. The minimum absolute atomic E-state index is 0.0215. The number of hydrogen-bond donors (Lipinski definition) is 2. The number of aliphatic hydroxyl groups excluding tert-OH is 1. The Bertz CT molecular complexity index is 567. The van der Waals surface area contributed by atoms with Gasteiger partial charge in [0.1, 0.15) is 12.0 Å². The second kappa shape index (κ2) is 5.27. The molecule has 2 heterocycles. The molecule has 1 aromatic rings. The normalized spacial score (nSPS) is 26.1. The highest BCUT2D eigenvalue weighted by molar-refractivity contribution is 5.23. The number of aliphatic hydroxyl groups is 1. The molecule has 0 radical (unpaired) electrons. The van der Waals surface area contributed by atoms with Crippen molar-refractivity contribution >= 4 is 5.82 Å². The maximum absolute atomic E-state index is 11.7. The van der Waals surface area contributed by atoms with Gasteiger partial charge in [0, 0.05) is 11.1 Å². The fraction of sp³-hybridized carbons (Fsp3) is 0.600. The number of hydrogen-bond acceptors (Lipinski definition) is 6. The Balaban J connectivity index is 2.21. The summed E-state index contributed by atoms with van der Waals surface area (Å²) in [6.07, 6.45) is 1.97. The number of aromatic nitrogens is 2. The predicted octanol–water partition coefficient (Wildman–Crippen LogP) is 0.176. The van der Waals surface area contributed by atoms with Gasteiger partial charge in [0.25, 0.3) is 0 Å². The molecule has 0 aromatic carbocycles. The molecule has 0 spiro atoms. The molecule has 0 unspecified atom stereocenters. The molecule has 2 atom stereocenters. The van der Waals surface area contributed by atoms with Crippen molar-refractivity contribution in [3.63, 3.8) is 0 Å². The number of nitrogens with two attached hydrogens (primary N) is 1. The first-order chi connectivity index (χ1) is 9.10. The minimum atomic E-state index is -0.933. The first-order valence-corrected chi connectivity index (χ1v) is 5.74. The first-order valence-electron chi connectivity index (χ1n) is 5.74. The molecule has 1 saturated heterocycles. The van der Waals surface area contributed by atoms with E-state index in [9.17, 15) is 9.90 Å². The predicted molar refractivity (Wildman–Crippen MR) is 66.1 cm³/mol. The summed E-state index contributed by atoms with van der Waals surface area (Å²) >= 11 is 0. The van der Waals surface area contributed by atoms with Crippen LogP contribution in [-0.2, 0) is 4.74 Å². The van der Waals surface area contributed by atoms with Gasteiger partial charge in [0.2, 0.25) is 0 Å². The van der Waals surface area contributed by atoms with E-state index in [1.165, 1.54) is 16.8 Å². The van der Waals surface area contributed by atoms with E-state index >= 15 is 0 Å². The topological polar surface area (TPSA) is 139 Å². The summed E-state index contributed by atoms with van der Waals surface area (Å²) in [5, 5.41) is 12.8. The lowest BCUT2D eigenvalue weighted by molar-refractivity contribution is -0.0933. The molecular weight excluding hydrogens is 252 g/mol. The molecule has 2 rings (SSSR count). The summed E-state index contributed by atoms with van der Waals surface area (Å²) in [4.78, 5) is 18.0. The van der Waals surface area contributed by atoms with E-state index < -0.39 is 17.5 Å². The molecule has 1 aromatic heterocycles. The Labute approximate surface area is 108 Å². The van der Waals surface area contributed by atoms with Crippen molar-refractivity contribution in [2.75, 3.05) is 18.9 Å². The van der Waals surface area contributed by atoms with Crippen molar-refractivity contribution in [2.45, 2.75) is 24.7 Å². The van der Waals surface area contributed by atoms with Gasteiger partial charge in [0.05, 0.1) is 18.8 Å². The van der Waals surface area contributed by atoms with Gasteiger partial charge < -0.3 is 15.6 Å². The van der Waals surface area contributed by atoms with Crippen molar-refractivity contribution in [3.05, 3.63) is 33.2 Å². The van der Waals surface area contributed by atoms with E-state index in [4.69, 9.17) is 16.0 Å². The Hall–Kier alpha value is -2.09. The summed E-state index contributed by atoms with van der Waals surface area (Å²) in [5.74, 6) is 0.141. The molecule has 1 aliphatic rings. The number of ether oxygens (including phenoxy) is 1. The third kappa shape index (κ3) is 2.68. The summed E-state index contributed by atoms with van der Waals surface area (Å²) in [5.41, 5.74) is 12.3. The van der Waals surface area contributed by atoms with Crippen LogP contribution >= 0.6 is 0 Å². The van der Waals surface area contributed by atoms with Crippen LogP contribution in [0.4, 0.5) is 5.82 Å². The van der Waals surface area contributed by atoms with Crippen LogP contribution in [-0.4, -0.2) is 33.4 Å². The lowest BCUT2D eigenvalue weighted by Crippen LogP contribution is -2.37. The van der Waals surface area contributed by atoms with Crippen molar-refractivity contribution in [2.24, 2.45) is 5.11 Å². The van der Waals surface area contributed by atoms with Crippen LogP contribution in [0.3, 0.4) is 0 Å². The zero-order valence-corrected chi connectivity index (χ0v) is 10.1. The molecule has 19 heavy (non-hydrogen) atoms. The molecule has 102 valence electrons.